The Labute approximate surface area is 134 Å². The Bertz CT molecular complexity index is 646. The molecule has 1 amide bonds. The van der Waals surface area contributed by atoms with Gasteiger partial charge in [-0.3, -0.25) is 9.59 Å². The Morgan fingerprint density at radius 1 is 1.26 bits per heavy atom. The zero-order valence-corrected chi connectivity index (χ0v) is 13.0. The maximum atomic E-state index is 12.3. The Morgan fingerprint density at radius 3 is 2.65 bits per heavy atom. The minimum Gasteiger partial charge on any atom is -0.486 e. The number of para-hydroxylation sites is 1. The van der Waals surface area contributed by atoms with Crippen LogP contribution in [-0.4, -0.2) is 47.9 Å². The minimum absolute atomic E-state index is 0.0667. The third-order valence-electron chi connectivity index (χ3n) is 4.41. The van der Waals surface area contributed by atoms with Gasteiger partial charge in [0, 0.05) is 25.9 Å². The molecule has 1 fully saturated rings. The van der Waals surface area contributed by atoms with Gasteiger partial charge in [-0.15, -0.1) is 0 Å². The molecule has 122 valence electrons. The van der Waals surface area contributed by atoms with Crippen molar-refractivity contribution in [2.24, 2.45) is 0 Å². The van der Waals surface area contributed by atoms with Crippen LogP contribution in [0.25, 0.3) is 0 Å². The smallest absolute Gasteiger partial charge is 0.397 e. The van der Waals surface area contributed by atoms with Crippen molar-refractivity contribution >= 4 is 17.7 Å². The van der Waals surface area contributed by atoms with E-state index >= 15 is 0 Å². The highest BCUT2D eigenvalue weighted by Crippen LogP contribution is 2.39. The summed E-state index contributed by atoms with van der Waals surface area (Å²) in [5, 5.41) is 0. The van der Waals surface area contributed by atoms with E-state index in [-0.39, 0.29) is 12.4 Å². The van der Waals surface area contributed by atoms with E-state index < -0.39 is 17.5 Å². The van der Waals surface area contributed by atoms with Crippen LogP contribution in [0.15, 0.2) is 24.3 Å². The van der Waals surface area contributed by atoms with Gasteiger partial charge in [0.1, 0.15) is 11.4 Å². The number of hydrogen-bond donors (Lipinski definition) is 0. The number of fused-ring (bicyclic) bond motifs is 1. The summed E-state index contributed by atoms with van der Waals surface area (Å²) in [6.07, 6.45) is 1.36. The number of carbonyl (C=O) groups is 3. The SMILES string of the molecule is CCOC(=O)C(=O)N1CCC2(CC1)CC(=O)c1ccccc1O2. The van der Waals surface area contributed by atoms with Gasteiger partial charge >= 0.3 is 11.9 Å². The summed E-state index contributed by atoms with van der Waals surface area (Å²) >= 11 is 0. The molecule has 1 spiro atoms. The molecule has 0 saturated carbocycles. The first-order valence-corrected chi connectivity index (χ1v) is 7.82. The first kappa shape index (κ1) is 15.5. The van der Waals surface area contributed by atoms with Crippen LogP contribution in [0.2, 0.25) is 0 Å². The van der Waals surface area contributed by atoms with Gasteiger partial charge in [-0.05, 0) is 19.1 Å². The molecule has 1 saturated heterocycles. The van der Waals surface area contributed by atoms with Crippen LogP contribution in [-0.2, 0) is 14.3 Å². The first-order valence-electron chi connectivity index (χ1n) is 7.82. The van der Waals surface area contributed by atoms with Crippen molar-refractivity contribution in [1.29, 1.82) is 0 Å². The number of amides is 1. The lowest BCUT2D eigenvalue weighted by atomic mass is 9.82. The lowest BCUT2D eigenvalue weighted by Gasteiger charge is -2.43. The molecule has 1 aromatic carbocycles. The highest BCUT2D eigenvalue weighted by Gasteiger charge is 2.44. The lowest BCUT2D eigenvalue weighted by molar-refractivity contribution is -0.161. The molecule has 2 aliphatic rings. The van der Waals surface area contributed by atoms with Gasteiger partial charge in [-0.1, -0.05) is 12.1 Å². The number of ketones is 1. The molecule has 0 radical (unpaired) electrons. The molecule has 0 bridgehead atoms. The predicted octanol–water partition coefficient (Wildman–Crippen LogP) is 1.58. The van der Waals surface area contributed by atoms with Gasteiger partial charge < -0.3 is 14.4 Å². The molecule has 0 atom stereocenters. The molecule has 1 aromatic rings. The summed E-state index contributed by atoms with van der Waals surface area (Å²) in [6, 6.07) is 7.22. The summed E-state index contributed by atoms with van der Waals surface area (Å²) < 4.78 is 10.8. The minimum atomic E-state index is -0.825. The molecule has 3 rings (SSSR count). The maximum Gasteiger partial charge on any atom is 0.397 e. The van der Waals surface area contributed by atoms with Crippen LogP contribution < -0.4 is 4.74 Å². The van der Waals surface area contributed by atoms with Crippen LogP contribution in [0.1, 0.15) is 36.5 Å². The number of hydrogen-bond acceptors (Lipinski definition) is 5. The van der Waals surface area contributed by atoms with Crippen molar-refractivity contribution in [2.45, 2.75) is 31.8 Å². The van der Waals surface area contributed by atoms with E-state index in [0.717, 1.165) is 0 Å². The second-order valence-electron chi connectivity index (χ2n) is 5.89. The fourth-order valence-corrected chi connectivity index (χ4v) is 3.16. The Morgan fingerprint density at radius 2 is 1.96 bits per heavy atom. The highest BCUT2D eigenvalue weighted by molar-refractivity contribution is 6.32. The van der Waals surface area contributed by atoms with Crippen molar-refractivity contribution < 1.29 is 23.9 Å². The van der Waals surface area contributed by atoms with Crippen molar-refractivity contribution in [2.75, 3.05) is 19.7 Å². The number of esters is 1. The summed E-state index contributed by atoms with van der Waals surface area (Å²) in [7, 11) is 0. The molecular formula is C17H19NO5. The predicted molar refractivity (Wildman–Crippen MR) is 81.2 cm³/mol. The molecule has 2 aliphatic heterocycles. The second kappa shape index (κ2) is 6.02. The summed E-state index contributed by atoms with van der Waals surface area (Å²) in [4.78, 5) is 37.3. The van der Waals surface area contributed by atoms with Crippen LogP contribution in [0, 0.1) is 0 Å². The molecule has 0 unspecified atom stereocenters. The third kappa shape index (κ3) is 2.93. The number of carbonyl (C=O) groups excluding carboxylic acids is 3. The number of likely N-dealkylation sites (tertiary alicyclic amines) is 1. The van der Waals surface area contributed by atoms with E-state index in [0.29, 0.717) is 43.7 Å². The normalized spacial score (nSPS) is 19.0. The molecule has 6 heteroatoms. The Kier molecular flexibility index (Phi) is 4.07. The number of nitrogens with zero attached hydrogens (tertiary/aromatic N) is 1. The fraction of sp³-hybridized carbons (Fsp3) is 0.471. The average Bonchev–Trinajstić information content (AvgIpc) is 2.55. The zero-order chi connectivity index (χ0) is 16.4. The van der Waals surface area contributed by atoms with Crippen LogP contribution >= 0.6 is 0 Å². The van der Waals surface area contributed by atoms with Crippen molar-refractivity contribution in [3.8, 4) is 5.75 Å². The molecular weight excluding hydrogens is 298 g/mol. The van der Waals surface area contributed by atoms with Gasteiger partial charge in [0.15, 0.2) is 5.78 Å². The molecule has 0 aliphatic carbocycles. The quantitative estimate of drug-likeness (QED) is 0.581. The van der Waals surface area contributed by atoms with Gasteiger partial charge in [0.25, 0.3) is 0 Å². The monoisotopic (exact) mass is 317 g/mol. The zero-order valence-electron chi connectivity index (χ0n) is 13.0. The van der Waals surface area contributed by atoms with E-state index in [1.165, 1.54) is 4.90 Å². The van der Waals surface area contributed by atoms with Gasteiger partial charge in [-0.2, -0.15) is 0 Å². The summed E-state index contributed by atoms with van der Waals surface area (Å²) in [6.45, 7) is 2.60. The van der Waals surface area contributed by atoms with Crippen LogP contribution in [0.5, 0.6) is 5.75 Å². The lowest BCUT2D eigenvalue weighted by Crippen LogP contribution is -2.53. The van der Waals surface area contributed by atoms with Crippen molar-refractivity contribution in [1.82, 2.24) is 4.90 Å². The van der Waals surface area contributed by atoms with Crippen LogP contribution in [0.3, 0.4) is 0 Å². The van der Waals surface area contributed by atoms with Crippen LogP contribution in [0.4, 0.5) is 0 Å². The molecule has 0 aromatic heterocycles. The largest absolute Gasteiger partial charge is 0.486 e. The van der Waals surface area contributed by atoms with E-state index in [9.17, 15) is 14.4 Å². The topological polar surface area (TPSA) is 72.9 Å². The molecule has 6 nitrogen and oxygen atoms in total. The van der Waals surface area contributed by atoms with Gasteiger partial charge in [0.05, 0.1) is 18.6 Å². The highest BCUT2D eigenvalue weighted by atomic mass is 16.5. The number of ether oxygens (including phenoxy) is 2. The number of Topliss-reactive ketones (excluding diaryl/α,β-unsaturated/α-hetero) is 1. The van der Waals surface area contributed by atoms with Gasteiger partial charge in [0.2, 0.25) is 0 Å². The third-order valence-corrected chi connectivity index (χ3v) is 4.41. The molecule has 2 heterocycles. The first-order chi connectivity index (χ1) is 11.0. The second-order valence-corrected chi connectivity index (χ2v) is 5.89. The van der Waals surface area contributed by atoms with E-state index in [1.807, 2.05) is 12.1 Å². The standard InChI is InChI=1S/C17H19NO5/c1-2-22-16(21)15(20)18-9-7-17(8-10-18)11-13(19)12-5-3-4-6-14(12)23-17/h3-6H,2,7-11H2,1H3. The average molecular weight is 317 g/mol. The molecule has 23 heavy (non-hydrogen) atoms. The Balaban J connectivity index is 1.69. The van der Waals surface area contributed by atoms with E-state index in [1.54, 1.807) is 19.1 Å². The number of benzene rings is 1. The number of rotatable bonds is 1. The van der Waals surface area contributed by atoms with Crippen molar-refractivity contribution in [3.63, 3.8) is 0 Å². The van der Waals surface area contributed by atoms with E-state index in [4.69, 9.17) is 9.47 Å². The number of piperidine rings is 1. The summed E-state index contributed by atoms with van der Waals surface area (Å²) in [5.74, 6) is -0.774. The fourth-order valence-electron chi connectivity index (χ4n) is 3.16. The summed E-state index contributed by atoms with van der Waals surface area (Å²) in [5.41, 5.74) is 0.0415. The maximum absolute atomic E-state index is 12.3. The van der Waals surface area contributed by atoms with Gasteiger partial charge in [-0.25, -0.2) is 4.79 Å². The van der Waals surface area contributed by atoms with Crippen molar-refractivity contribution in [3.05, 3.63) is 29.8 Å². The van der Waals surface area contributed by atoms with E-state index in [2.05, 4.69) is 0 Å². The molecule has 0 N–H and O–H groups in total. The Hall–Kier alpha value is -2.37.